The van der Waals surface area contributed by atoms with Crippen molar-refractivity contribution in [2.75, 3.05) is 0 Å². The Morgan fingerprint density at radius 2 is 1.55 bits per heavy atom. The van der Waals surface area contributed by atoms with E-state index in [4.69, 9.17) is 14.4 Å². The van der Waals surface area contributed by atoms with E-state index in [1.165, 1.54) is 68.9 Å². The maximum Gasteiger partial charge on any atom is 0.216 e. The molecule has 4 nitrogen and oxygen atoms in total. The predicted molar refractivity (Wildman–Crippen MR) is 211 cm³/mol. The van der Waals surface area contributed by atoms with Crippen LogP contribution in [0.3, 0.4) is 0 Å². The Hall–Kier alpha value is -3.44. The first-order valence-electron chi connectivity index (χ1n) is 18.8. The Bertz CT molecular complexity index is 2090. The first-order chi connectivity index (χ1) is 24.1. The van der Waals surface area contributed by atoms with Crippen molar-refractivity contribution >= 4 is 35.3 Å². The van der Waals surface area contributed by atoms with Gasteiger partial charge in [-0.3, -0.25) is 0 Å². The summed E-state index contributed by atoms with van der Waals surface area (Å²) in [7, 11) is -1.34. The van der Waals surface area contributed by atoms with Gasteiger partial charge in [-0.1, -0.05) is 95.1 Å². The molecule has 0 saturated heterocycles. The summed E-state index contributed by atoms with van der Waals surface area (Å²) in [5, 5.41) is 3.67. The molecule has 2 aliphatic carbocycles. The molecule has 0 amide bonds. The van der Waals surface area contributed by atoms with Crippen LogP contribution in [0.4, 0.5) is 0 Å². The summed E-state index contributed by atoms with van der Waals surface area (Å²) in [6, 6.07) is 27.7. The molecule has 0 bridgehead atoms. The predicted octanol–water partition coefficient (Wildman–Crippen LogP) is 11.8. The van der Waals surface area contributed by atoms with Gasteiger partial charge in [0.25, 0.3) is 0 Å². The molecule has 1 radical (unpaired) electrons. The van der Waals surface area contributed by atoms with Gasteiger partial charge in [0, 0.05) is 43.6 Å². The molecule has 51 heavy (non-hydrogen) atoms. The third kappa shape index (κ3) is 8.45. The molecule has 4 heterocycles. The third-order valence-electron chi connectivity index (χ3n) is 10.8. The van der Waals surface area contributed by atoms with Gasteiger partial charge in [-0.15, -0.1) is 59.7 Å². The van der Waals surface area contributed by atoms with Crippen LogP contribution in [0.2, 0.25) is 19.6 Å². The van der Waals surface area contributed by atoms with Crippen LogP contribution in [-0.2, 0) is 26.5 Å². The quantitative estimate of drug-likeness (QED) is 0.118. The minimum Gasteiger partial charge on any atom is -0.486 e. The van der Waals surface area contributed by atoms with E-state index in [-0.39, 0.29) is 20.1 Å². The monoisotopic (exact) mass is 870 g/mol. The molecular weight excluding hydrogens is 819 g/mol. The number of rotatable bonds is 7. The second-order valence-electron chi connectivity index (χ2n) is 16.0. The molecule has 4 aromatic heterocycles. The largest absolute Gasteiger partial charge is 0.486 e. The summed E-state index contributed by atoms with van der Waals surface area (Å²) in [5.74, 6) is 2.06. The number of furan rings is 1. The van der Waals surface area contributed by atoms with Crippen molar-refractivity contribution < 1.29 is 24.5 Å². The molecule has 267 valence electrons. The van der Waals surface area contributed by atoms with Crippen molar-refractivity contribution in [1.82, 2.24) is 15.0 Å². The zero-order valence-corrected chi connectivity index (χ0v) is 34.5. The molecule has 2 aromatic carbocycles. The van der Waals surface area contributed by atoms with Crippen molar-refractivity contribution in [3.63, 3.8) is 0 Å². The van der Waals surface area contributed by atoms with E-state index in [9.17, 15) is 0 Å². The number of benzene rings is 2. The molecule has 6 heteroatoms. The van der Waals surface area contributed by atoms with E-state index in [2.05, 4.69) is 99.4 Å². The number of nitrogens with zero attached hydrogens (tertiary/aromatic N) is 3. The summed E-state index contributed by atoms with van der Waals surface area (Å²) < 4.78 is 5.92. The van der Waals surface area contributed by atoms with Crippen molar-refractivity contribution in [1.29, 1.82) is 0 Å². The maximum absolute atomic E-state index is 5.92. The Balaban J connectivity index is 0.000000181. The second kappa shape index (κ2) is 16.1. The molecular formula is C45H51IrN3OSi-2. The minimum absolute atomic E-state index is 0. The van der Waals surface area contributed by atoms with E-state index in [0.717, 1.165) is 56.4 Å². The van der Waals surface area contributed by atoms with Crippen LogP contribution in [0.1, 0.15) is 99.4 Å². The second-order valence-corrected chi connectivity index (χ2v) is 21.0. The number of aryl methyl sites for hydroxylation is 1. The van der Waals surface area contributed by atoms with Crippen molar-refractivity contribution in [3.8, 4) is 22.5 Å². The van der Waals surface area contributed by atoms with Gasteiger partial charge in [-0.25, -0.2) is 4.98 Å². The van der Waals surface area contributed by atoms with Crippen LogP contribution in [0.5, 0.6) is 0 Å². The summed E-state index contributed by atoms with van der Waals surface area (Å²) in [4.78, 5) is 14.1. The normalized spacial score (nSPS) is 15.4. The topological polar surface area (TPSA) is 51.8 Å². The molecule has 8 rings (SSSR count). The molecule has 2 fully saturated rings. The molecule has 0 N–H and O–H groups in total. The smallest absolute Gasteiger partial charge is 0.216 e. The van der Waals surface area contributed by atoms with Crippen LogP contribution < -0.4 is 5.19 Å². The van der Waals surface area contributed by atoms with E-state index < -0.39 is 8.07 Å². The Kier molecular flexibility index (Phi) is 11.8. The van der Waals surface area contributed by atoms with Gasteiger partial charge in [-0.05, 0) is 83.8 Å². The van der Waals surface area contributed by atoms with Crippen LogP contribution in [-0.4, -0.2) is 23.0 Å². The summed E-state index contributed by atoms with van der Waals surface area (Å²) >= 11 is 0. The molecule has 0 aliphatic heterocycles. The van der Waals surface area contributed by atoms with E-state index >= 15 is 0 Å². The van der Waals surface area contributed by atoms with Gasteiger partial charge in [0.2, 0.25) is 5.71 Å². The molecule has 0 spiro atoms. The van der Waals surface area contributed by atoms with Crippen LogP contribution in [0.15, 0.2) is 77.5 Å². The average Bonchev–Trinajstić information content (AvgIpc) is 3.90. The van der Waals surface area contributed by atoms with Crippen LogP contribution in [0.25, 0.3) is 44.6 Å². The minimum atomic E-state index is -1.34. The molecule has 0 unspecified atom stereocenters. The molecule has 6 aromatic rings. The van der Waals surface area contributed by atoms with Crippen molar-refractivity contribution in [2.45, 2.75) is 110 Å². The first-order valence-corrected chi connectivity index (χ1v) is 22.3. The van der Waals surface area contributed by atoms with E-state index in [1.54, 1.807) is 10.8 Å². The summed E-state index contributed by atoms with van der Waals surface area (Å²) in [5.41, 5.74) is 11.1. The van der Waals surface area contributed by atoms with E-state index in [0.29, 0.717) is 11.6 Å². The number of aromatic nitrogens is 3. The Morgan fingerprint density at radius 1 is 0.824 bits per heavy atom. The molecule has 0 atom stereocenters. The SMILES string of the molecule is C[Si](C)(C)c1cnc(-c2[c-]cccc2)cc1C1CCCC1.Cc1ccc2c(n1)oc1c[c-]c(-c3cc(CC4CCCC4)c(C(C)C)cn3)cc12.[Ir]. The fraction of sp³-hybridized carbons (Fsp3) is 0.400. The third-order valence-corrected chi connectivity index (χ3v) is 12.9. The van der Waals surface area contributed by atoms with Crippen LogP contribution >= 0.6 is 0 Å². The zero-order valence-electron chi connectivity index (χ0n) is 31.1. The molecule has 2 saturated carbocycles. The zero-order chi connectivity index (χ0) is 34.8. The van der Waals surface area contributed by atoms with Crippen LogP contribution in [0, 0.1) is 25.0 Å². The van der Waals surface area contributed by atoms with Gasteiger partial charge in [0.15, 0.2) is 0 Å². The Morgan fingerprint density at radius 3 is 2.25 bits per heavy atom. The number of pyridine rings is 3. The number of hydrogen-bond acceptors (Lipinski definition) is 4. The van der Waals surface area contributed by atoms with Gasteiger partial charge < -0.3 is 14.4 Å². The first kappa shape index (κ1) is 37.3. The number of fused-ring (bicyclic) bond motifs is 3. The number of hydrogen-bond donors (Lipinski definition) is 0. The van der Waals surface area contributed by atoms with Gasteiger partial charge in [-0.2, -0.15) is 0 Å². The van der Waals surface area contributed by atoms with Crippen molar-refractivity contribution in [3.05, 3.63) is 108 Å². The van der Waals surface area contributed by atoms with Gasteiger partial charge in [0.1, 0.15) is 0 Å². The van der Waals surface area contributed by atoms with Gasteiger partial charge in [0.05, 0.1) is 13.7 Å². The maximum atomic E-state index is 5.92. The van der Waals surface area contributed by atoms with Gasteiger partial charge >= 0.3 is 0 Å². The summed E-state index contributed by atoms with van der Waals surface area (Å²) in [6.45, 7) is 13.8. The fourth-order valence-corrected chi connectivity index (χ4v) is 9.68. The van der Waals surface area contributed by atoms with Crippen molar-refractivity contribution in [2.24, 2.45) is 5.92 Å². The average molecular weight is 870 g/mol. The Labute approximate surface area is 319 Å². The molecule has 2 aliphatic rings. The fourth-order valence-electron chi connectivity index (χ4n) is 8.09. The van der Waals surface area contributed by atoms with E-state index in [1.807, 2.05) is 31.2 Å². The standard InChI is InChI=1S/C26H27N2O.C19H24NSi.Ir/c1-16(2)23-15-27-24(14-20(23)12-18-6-4-5-7-18)19-9-11-25-22(13-19)21-10-8-17(3)28-26(21)29-25;1-21(2,3)19-14-20-18(16-11-5-4-6-12-16)13-17(19)15-9-7-8-10-15;/h8,10-11,13-16,18H,4-7,12H2,1-3H3;4-6,11,13-15H,7-10H2,1-3H3;/q2*-1;. The summed E-state index contributed by atoms with van der Waals surface area (Å²) in [6.07, 6.45) is 16.4.